The quantitative estimate of drug-likeness (QED) is 0.764. The molecule has 1 aliphatic rings. The molecule has 0 aromatic heterocycles. The van der Waals surface area contributed by atoms with Gasteiger partial charge in [-0.15, -0.1) is 0 Å². The summed E-state index contributed by atoms with van der Waals surface area (Å²) in [5.74, 6) is -0.476. The van der Waals surface area contributed by atoms with E-state index in [9.17, 15) is 9.18 Å². The van der Waals surface area contributed by atoms with Gasteiger partial charge in [0.2, 0.25) is 5.91 Å². The fraction of sp³-hybridized carbons (Fsp3) is 0.500. The van der Waals surface area contributed by atoms with Crippen LogP contribution in [-0.2, 0) is 17.9 Å². The first-order chi connectivity index (χ1) is 9.20. The number of aliphatic hydroxyl groups excluding tert-OH is 1. The van der Waals surface area contributed by atoms with Gasteiger partial charge in [-0.05, 0) is 31.0 Å². The Morgan fingerprint density at radius 3 is 2.95 bits per heavy atom. The second-order valence-corrected chi connectivity index (χ2v) is 4.80. The number of rotatable bonds is 4. The number of carbonyl (C=O) groups is 1. The minimum absolute atomic E-state index is 0.0358. The first-order valence-electron chi connectivity index (χ1n) is 6.60. The molecule has 0 bridgehead atoms. The molecule has 0 aliphatic carbocycles. The molecule has 2 rings (SSSR count). The van der Waals surface area contributed by atoms with E-state index in [4.69, 9.17) is 5.11 Å². The summed E-state index contributed by atoms with van der Waals surface area (Å²) in [5.41, 5.74) is 0.961. The van der Waals surface area contributed by atoms with Gasteiger partial charge in [0.1, 0.15) is 5.82 Å². The van der Waals surface area contributed by atoms with Crippen molar-refractivity contribution in [3.05, 3.63) is 35.1 Å². The predicted octanol–water partition coefficient (Wildman–Crippen LogP) is 1.08. The second kappa shape index (κ2) is 6.63. The molecule has 1 atom stereocenters. The van der Waals surface area contributed by atoms with E-state index in [-0.39, 0.29) is 24.1 Å². The van der Waals surface area contributed by atoms with Crippen molar-refractivity contribution in [1.29, 1.82) is 0 Å². The van der Waals surface area contributed by atoms with Gasteiger partial charge in [0.15, 0.2) is 0 Å². The Labute approximate surface area is 112 Å². The predicted molar refractivity (Wildman–Crippen MR) is 69.8 cm³/mol. The molecule has 3 N–H and O–H groups in total. The van der Waals surface area contributed by atoms with Crippen molar-refractivity contribution in [2.45, 2.75) is 38.5 Å². The fourth-order valence-corrected chi connectivity index (χ4v) is 2.22. The monoisotopic (exact) mass is 266 g/mol. The molecule has 104 valence electrons. The standard InChI is InChI=1S/C14H19FN2O2/c15-12-7-10(4-5-11(12)9-18)8-17-14(19)13-3-1-2-6-16-13/h4-5,7,13,16,18H,1-3,6,8-9H2,(H,17,19). The maximum absolute atomic E-state index is 13.4. The highest BCUT2D eigenvalue weighted by Gasteiger charge is 2.19. The Balaban J connectivity index is 1.87. The molecular weight excluding hydrogens is 247 g/mol. The number of piperidine rings is 1. The van der Waals surface area contributed by atoms with E-state index in [0.717, 1.165) is 25.8 Å². The van der Waals surface area contributed by atoms with Crippen molar-refractivity contribution in [2.75, 3.05) is 6.54 Å². The van der Waals surface area contributed by atoms with E-state index in [2.05, 4.69) is 10.6 Å². The minimum atomic E-state index is -0.440. The first kappa shape index (κ1) is 14.0. The molecule has 19 heavy (non-hydrogen) atoms. The third kappa shape index (κ3) is 3.75. The Kier molecular flexibility index (Phi) is 4.87. The van der Waals surface area contributed by atoms with E-state index in [1.54, 1.807) is 6.07 Å². The van der Waals surface area contributed by atoms with Gasteiger partial charge in [0, 0.05) is 12.1 Å². The van der Waals surface area contributed by atoms with Gasteiger partial charge in [-0.25, -0.2) is 4.39 Å². The van der Waals surface area contributed by atoms with E-state index < -0.39 is 5.82 Å². The second-order valence-electron chi connectivity index (χ2n) is 4.80. The molecule has 1 aromatic rings. The van der Waals surface area contributed by atoms with Gasteiger partial charge in [-0.1, -0.05) is 18.6 Å². The SMILES string of the molecule is O=C(NCc1ccc(CO)c(F)c1)C1CCCCN1. The lowest BCUT2D eigenvalue weighted by Crippen LogP contribution is -2.46. The molecule has 0 spiro atoms. The van der Waals surface area contributed by atoms with Crippen LogP contribution in [0, 0.1) is 5.82 Å². The Bertz CT molecular complexity index is 445. The van der Waals surface area contributed by atoms with Crippen molar-refractivity contribution in [1.82, 2.24) is 10.6 Å². The smallest absolute Gasteiger partial charge is 0.237 e. The number of aliphatic hydroxyl groups is 1. The summed E-state index contributed by atoms with van der Waals surface area (Å²) in [7, 11) is 0. The molecule has 1 heterocycles. The van der Waals surface area contributed by atoms with Crippen molar-refractivity contribution >= 4 is 5.91 Å². The van der Waals surface area contributed by atoms with Crippen LogP contribution in [-0.4, -0.2) is 23.6 Å². The molecule has 1 aromatic carbocycles. The van der Waals surface area contributed by atoms with Gasteiger partial charge >= 0.3 is 0 Å². The summed E-state index contributed by atoms with van der Waals surface area (Å²) in [6.07, 6.45) is 3.02. The Hall–Kier alpha value is -1.46. The first-order valence-corrected chi connectivity index (χ1v) is 6.60. The van der Waals surface area contributed by atoms with Crippen LogP contribution in [0.1, 0.15) is 30.4 Å². The topological polar surface area (TPSA) is 61.4 Å². The molecule has 0 saturated carbocycles. The van der Waals surface area contributed by atoms with E-state index >= 15 is 0 Å². The number of benzene rings is 1. The molecular formula is C14H19FN2O2. The number of hydrogen-bond acceptors (Lipinski definition) is 3. The third-order valence-electron chi connectivity index (χ3n) is 3.38. The summed E-state index contributed by atoms with van der Waals surface area (Å²) in [5, 5.41) is 14.8. The van der Waals surface area contributed by atoms with E-state index in [0.29, 0.717) is 12.1 Å². The molecule has 4 nitrogen and oxygen atoms in total. The van der Waals surface area contributed by atoms with E-state index in [1.165, 1.54) is 12.1 Å². The van der Waals surface area contributed by atoms with Crippen molar-refractivity contribution in [3.8, 4) is 0 Å². The third-order valence-corrected chi connectivity index (χ3v) is 3.38. The maximum atomic E-state index is 13.4. The molecule has 1 amide bonds. The van der Waals surface area contributed by atoms with Crippen molar-refractivity contribution < 1.29 is 14.3 Å². The van der Waals surface area contributed by atoms with Crippen LogP contribution in [0.4, 0.5) is 4.39 Å². The van der Waals surface area contributed by atoms with Crippen LogP contribution < -0.4 is 10.6 Å². The van der Waals surface area contributed by atoms with E-state index in [1.807, 2.05) is 0 Å². The highest BCUT2D eigenvalue weighted by molar-refractivity contribution is 5.81. The molecule has 1 aliphatic heterocycles. The average Bonchev–Trinajstić information content (AvgIpc) is 2.46. The number of halogens is 1. The van der Waals surface area contributed by atoms with Gasteiger partial charge in [0.25, 0.3) is 0 Å². The zero-order valence-corrected chi connectivity index (χ0v) is 10.8. The van der Waals surface area contributed by atoms with Crippen molar-refractivity contribution in [2.24, 2.45) is 0 Å². The van der Waals surface area contributed by atoms with Crippen LogP contribution in [0.25, 0.3) is 0 Å². The zero-order chi connectivity index (χ0) is 13.7. The Morgan fingerprint density at radius 1 is 1.47 bits per heavy atom. The molecule has 1 fully saturated rings. The molecule has 1 unspecified atom stereocenters. The van der Waals surface area contributed by atoms with Crippen LogP contribution >= 0.6 is 0 Å². The van der Waals surface area contributed by atoms with Crippen LogP contribution in [0.3, 0.4) is 0 Å². The largest absolute Gasteiger partial charge is 0.392 e. The summed E-state index contributed by atoms with van der Waals surface area (Å²) in [4.78, 5) is 11.9. The summed E-state index contributed by atoms with van der Waals surface area (Å²) in [6, 6.07) is 4.47. The highest BCUT2D eigenvalue weighted by atomic mass is 19.1. The van der Waals surface area contributed by atoms with Crippen LogP contribution in [0.15, 0.2) is 18.2 Å². The summed E-state index contributed by atoms with van der Waals surface area (Å²) < 4.78 is 13.4. The number of amides is 1. The zero-order valence-electron chi connectivity index (χ0n) is 10.8. The lowest BCUT2D eigenvalue weighted by atomic mass is 10.0. The summed E-state index contributed by atoms with van der Waals surface area (Å²) in [6.45, 7) is 0.863. The van der Waals surface area contributed by atoms with Crippen LogP contribution in [0.2, 0.25) is 0 Å². The number of nitrogens with one attached hydrogen (secondary N) is 2. The molecule has 0 radical (unpaired) electrons. The fourth-order valence-electron chi connectivity index (χ4n) is 2.22. The van der Waals surface area contributed by atoms with Gasteiger partial charge in [0.05, 0.1) is 12.6 Å². The van der Waals surface area contributed by atoms with Crippen LogP contribution in [0.5, 0.6) is 0 Å². The van der Waals surface area contributed by atoms with Gasteiger partial charge in [-0.3, -0.25) is 4.79 Å². The molecule has 1 saturated heterocycles. The molecule has 5 heteroatoms. The average molecular weight is 266 g/mol. The summed E-state index contributed by atoms with van der Waals surface area (Å²) >= 11 is 0. The maximum Gasteiger partial charge on any atom is 0.237 e. The minimum Gasteiger partial charge on any atom is -0.392 e. The van der Waals surface area contributed by atoms with Gasteiger partial charge < -0.3 is 15.7 Å². The lowest BCUT2D eigenvalue weighted by molar-refractivity contribution is -0.123. The van der Waals surface area contributed by atoms with Crippen molar-refractivity contribution in [3.63, 3.8) is 0 Å². The number of hydrogen-bond donors (Lipinski definition) is 3. The van der Waals surface area contributed by atoms with Gasteiger partial charge in [-0.2, -0.15) is 0 Å². The number of carbonyl (C=O) groups excluding carboxylic acids is 1. The normalized spacial score (nSPS) is 19.2. The highest BCUT2D eigenvalue weighted by Crippen LogP contribution is 2.11. The Morgan fingerprint density at radius 2 is 2.32 bits per heavy atom. The lowest BCUT2D eigenvalue weighted by Gasteiger charge is -2.22.